The predicted octanol–water partition coefficient (Wildman–Crippen LogP) is 1.79. The number of aliphatic hydroxyl groups is 1. The average Bonchev–Trinajstić information content (AvgIpc) is 3.32. The molecule has 3 rings (SSSR count). The Morgan fingerprint density at radius 3 is 2.40 bits per heavy atom. The summed E-state index contributed by atoms with van der Waals surface area (Å²) in [6.45, 7) is 5.29. The largest absolute Gasteiger partial charge is 0.531 e. The Labute approximate surface area is 234 Å². The van der Waals surface area contributed by atoms with Crippen LogP contribution in [-0.2, 0) is 28.4 Å². The van der Waals surface area contributed by atoms with Crippen LogP contribution in [0, 0.1) is 5.92 Å². The zero-order valence-electron chi connectivity index (χ0n) is 23.3. The molecule has 0 radical (unpaired) electrons. The van der Waals surface area contributed by atoms with Gasteiger partial charge in [-0.15, -0.1) is 0 Å². The minimum atomic E-state index is -1.25. The van der Waals surface area contributed by atoms with Gasteiger partial charge in [0, 0.05) is 17.8 Å². The molecule has 1 aliphatic heterocycles. The quantitative estimate of drug-likeness (QED) is 0.247. The number of likely N-dealkylation sites (N-methyl/N-ethyl adjacent to an activating group) is 1. The summed E-state index contributed by atoms with van der Waals surface area (Å²) < 4.78 is 16.0. The second-order valence-electron chi connectivity index (χ2n) is 10.2. The molecule has 2 heterocycles. The molecule has 40 heavy (non-hydrogen) atoms. The van der Waals surface area contributed by atoms with Crippen molar-refractivity contribution in [3.63, 3.8) is 0 Å². The van der Waals surface area contributed by atoms with Crippen molar-refractivity contribution in [2.75, 3.05) is 14.2 Å². The number of carbonyl (C=O) groups is 4. The van der Waals surface area contributed by atoms with E-state index in [-0.39, 0.29) is 18.0 Å². The highest BCUT2D eigenvalue weighted by Crippen LogP contribution is 2.32. The van der Waals surface area contributed by atoms with Crippen LogP contribution in [0.3, 0.4) is 0 Å². The van der Waals surface area contributed by atoms with E-state index in [2.05, 4.69) is 15.6 Å². The number of methoxy groups -OCH3 is 1. The van der Waals surface area contributed by atoms with Gasteiger partial charge in [0.1, 0.15) is 17.8 Å². The van der Waals surface area contributed by atoms with E-state index in [1.165, 1.54) is 27.1 Å². The van der Waals surface area contributed by atoms with Crippen LogP contribution in [0.4, 0.5) is 0 Å². The van der Waals surface area contributed by atoms with Crippen LogP contribution in [0.15, 0.2) is 48.5 Å². The standard InChI is InChI=1S/C28H36BN3O8/c1-16(2)14-19(29-39-25(28(37)40-29)24(30-4)27(36)38-5)15-22(34)23(17(3)33)32-26(35)21-13-9-12-20(31-21)18-10-7-6-8-11-18/h6-13,16-17,19,23-25,30,33H,14-15H2,1-5H3,(H,32,35)/t17-,19-,23+,24-,25-/m1/s1. The lowest BCUT2D eigenvalue weighted by Gasteiger charge is -2.25. The van der Waals surface area contributed by atoms with Gasteiger partial charge in [-0.1, -0.05) is 50.2 Å². The van der Waals surface area contributed by atoms with Crippen molar-refractivity contribution in [2.45, 2.75) is 63.7 Å². The first-order valence-corrected chi connectivity index (χ1v) is 13.2. The smallest absolute Gasteiger partial charge is 0.507 e. The molecule has 0 saturated carbocycles. The molecule has 214 valence electrons. The van der Waals surface area contributed by atoms with Gasteiger partial charge in [0.2, 0.25) is 0 Å². The monoisotopic (exact) mass is 553 g/mol. The predicted molar refractivity (Wildman–Crippen MR) is 147 cm³/mol. The van der Waals surface area contributed by atoms with Crippen molar-refractivity contribution in [1.29, 1.82) is 0 Å². The van der Waals surface area contributed by atoms with E-state index in [0.717, 1.165) is 5.56 Å². The molecular formula is C28H36BN3O8. The van der Waals surface area contributed by atoms with Crippen LogP contribution < -0.4 is 10.6 Å². The molecule has 0 bridgehead atoms. The first-order valence-electron chi connectivity index (χ1n) is 13.2. The molecule has 3 N–H and O–H groups in total. The number of hydrogen-bond donors (Lipinski definition) is 3. The third-order valence-corrected chi connectivity index (χ3v) is 6.60. The van der Waals surface area contributed by atoms with Crippen molar-refractivity contribution < 1.29 is 38.3 Å². The van der Waals surface area contributed by atoms with E-state index in [0.29, 0.717) is 12.1 Å². The highest BCUT2D eigenvalue weighted by molar-refractivity contribution is 6.51. The maximum atomic E-state index is 13.4. The number of Topliss-reactive ketones (excluding diaryl/α,β-unsaturated/α-hetero) is 1. The Morgan fingerprint density at radius 1 is 1.10 bits per heavy atom. The van der Waals surface area contributed by atoms with Gasteiger partial charge in [-0.2, -0.15) is 0 Å². The minimum absolute atomic E-state index is 0.0929. The molecule has 1 aromatic carbocycles. The lowest BCUT2D eigenvalue weighted by Crippen LogP contribution is -2.49. The van der Waals surface area contributed by atoms with Gasteiger partial charge in [-0.3, -0.25) is 19.2 Å². The number of nitrogens with zero attached hydrogens (tertiary/aromatic N) is 1. The van der Waals surface area contributed by atoms with Crippen LogP contribution in [0.25, 0.3) is 11.3 Å². The zero-order valence-corrected chi connectivity index (χ0v) is 23.3. The van der Waals surface area contributed by atoms with Gasteiger partial charge >= 0.3 is 19.1 Å². The molecule has 1 saturated heterocycles. The van der Waals surface area contributed by atoms with E-state index in [1.54, 1.807) is 12.1 Å². The van der Waals surface area contributed by atoms with Crippen LogP contribution >= 0.6 is 0 Å². The van der Waals surface area contributed by atoms with E-state index in [9.17, 15) is 24.3 Å². The normalized spacial score (nSPS) is 18.0. The molecular weight excluding hydrogens is 517 g/mol. The molecule has 11 nitrogen and oxygen atoms in total. The Morgan fingerprint density at radius 2 is 1.80 bits per heavy atom. The van der Waals surface area contributed by atoms with E-state index in [4.69, 9.17) is 14.0 Å². The number of aromatic nitrogens is 1. The van der Waals surface area contributed by atoms with Gasteiger partial charge in [0.25, 0.3) is 5.91 Å². The maximum absolute atomic E-state index is 13.4. The van der Waals surface area contributed by atoms with Gasteiger partial charge in [0.05, 0.1) is 18.9 Å². The van der Waals surface area contributed by atoms with Gasteiger partial charge in [0.15, 0.2) is 11.9 Å². The Balaban J connectivity index is 1.75. The number of ether oxygens (including phenoxy) is 1. The van der Waals surface area contributed by atoms with Crippen LogP contribution in [0.5, 0.6) is 0 Å². The molecule has 1 aromatic heterocycles. The highest BCUT2D eigenvalue weighted by atomic mass is 16.7. The first kappa shape index (κ1) is 30.9. The molecule has 5 atom stereocenters. The average molecular weight is 553 g/mol. The highest BCUT2D eigenvalue weighted by Gasteiger charge is 2.50. The first-order chi connectivity index (χ1) is 19.0. The molecule has 0 aliphatic carbocycles. The fourth-order valence-electron chi connectivity index (χ4n) is 4.65. The Hall–Kier alpha value is -3.61. The van der Waals surface area contributed by atoms with Crippen molar-refractivity contribution in [3.05, 3.63) is 54.2 Å². The summed E-state index contributed by atoms with van der Waals surface area (Å²) in [5.74, 6) is -3.01. The van der Waals surface area contributed by atoms with Gasteiger partial charge in [-0.05, 0) is 38.4 Å². The molecule has 12 heteroatoms. The van der Waals surface area contributed by atoms with Crippen molar-refractivity contribution >= 4 is 30.7 Å². The number of pyridine rings is 1. The van der Waals surface area contributed by atoms with Crippen LogP contribution in [0.2, 0.25) is 5.82 Å². The molecule has 0 unspecified atom stereocenters. The summed E-state index contributed by atoms with van der Waals surface area (Å²) in [5.41, 5.74) is 1.51. The molecule has 0 spiro atoms. The molecule has 1 aliphatic rings. The van der Waals surface area contributed by atoms with E-state index >= 15 is 0 Å². The van der Waals surface area contributed by atoms with Crippen molar-refractivity contribution in [3.8, 4) is 11.3 Å². The number of carbonyl (C=O) groups excluding carboxylic acids is 4. The number of rotatable bonds is 13. The number of nitrogens with one attached hydrogen (secondary N) is 2. The molecule has 1 amide bonds. The second-order valence-corrected chi connectivity index (χ2v) is 10.2. The number of ketones is 1. The number of esters is 1. The summed E-state index contributed by atoms with van der Waals surface area (Å²) in [4.78, 5) is 55.6. The van der Waals surface area contributed by atoms with Crippen LogP contribution in [0.1, 0.15) is 44.1 Å². The van der Waals surface area contributed by atoms with Crippen molar-refractivity contribution in [2.24, 2.45) is 5.92 Å². The Bertz CT molecular complexity index is 1190. The van der Waals surface area contributed by atoms with E-state index < -0.39 is 60.9 Å². The third kappa shape index (κ3) is 7.74. The minimum Gasteiger partial charge on any atom is -0.507 e. The number of benzene rings is 1. The topological polar surface area (TPSA) is 153 Å². The fourth-order valence-corrected chi connectivity index (χ4v) is 4.65. The summed E-state index contributed by atoms with van der Waals surface area (Å²) >= 11 is 0. The van der Waals surface area contributed by atoms with Crippen LogP contribution in [-0.4, -0.2) is 79.3 Å². The molecule has 1 fully saturated rings. The SMILES string of the molecule is CN[C@@H](C(=O)OC)[C@H]1OB([C@@H](CC(=O)[C@@H](NC(=O)c2cccc(-c3ccccc3)n2)[C@@H](C)O)CC(C)C)OC1=O. The summed E-state index contributed by atoms with van der Waals surface area (Å²) in [6.07, 6.45) is -2.16. The number of aliphatic hydroxyl groups excluding tert-OH is 1. The maximum Gasteiger partial charge on any atom is 0.531 e. The number of hydrogen-bond acceptors (Lipinski definition) is 10. The summed E-state index contributed by atoms with van der Waals surface area (Å²) in [6, 6.07) is 12.0. The van der Waals surface area contributed by atoms with E-state index in [1.807, 2.05) is 44.2 Å². The summed E-state index contributed by atoms with van der Waals surface area (Å²) in [7, 11) is 1.59. The Kier molecular flexibility index (Phi) is 10.9. The van der Waals surface area contributed by atoms with Gasteiger partial charge in [-0.25, -0.2) is 4.98 Å². The lowest BCUT2D eigenvalue weighted by molar-refractivity contribution is -0.150. The summed E-state index contributed by atoms with van der Waals surface area (Å²) in [5, 5.41) is 15.7. The number of amides is 1. The van der Waals surface area contributed by atoms with Crippen molar-refractivity contribution in [1.82, 2.24) is 15.6 Å². The second kappa shape index (κ2) is 14.2. The lowest BCUT2D eigenvalue weighted by atomic mass is 9.65. The van der Waals surface area contributed by atoms with Gasteiger partial charge < -0.3 is 29.8 Å². The molecule has 2 aromatic rings. The zero-order chi connectivity index (χ0) is 29.4. The third-order valence-electron chi connectivity index (χ3n) is 6.60. The fraction of sp³-hybridized carbons (Fsp3) is 0.464.